The average molecular weight is 290 g/mol. The summed E-state index contributed by atoms with van der Waals surface area (Å²) in [7, 11) is 0. The molecule has 0 spiro atoms. The van der Waals surface area contributed by atoms with E-state index in [4.69, 9.17) is 5.11 Å². The van der Waals surface area contributed by atoms with Crippen molar-refractivity contribution >= 4 is 11.9 Å². The summed E-state index contributed by atoms with van der Waals surface area (Å²) in [5, 5.41) is 20.6. The minimum absolute atomic E-state index is 0.0131. The Morgan fingerprint density at radius 3 is 2.50 bits per heavy atom. The molecular weight excluding hydrogens is 268 g/mol. The summed E-state index contributed by atoms with van der Waals surface area (Å²) in [6, 6.07) is -0.870. The minimum atomic E-state index is -1.04. The third kappa shape index (κ3) is 8.28. The number of hydrogen-bond donors (Lipinski definition) is 2. The van der Waals surface area contributed by atoms with E-state index in [1.807, 2.05) is 6.92 Å². The molecule has 0 saturated carbocycles. The SMILES string of the molecule is CCC(C)C(NC(=O)CCCCCO[N+](=O)[O-])C(=O)O. The molecule has 2 N–H and O–H groups in total. The third-order valence-electron chi connectivity index (χ3n) is 3.04. The van der Waals surface area contributed by atoms with Crippen LogP contribution < -0.4 is 5.32 Å². The number of amides is 1. The summed E-state index contributed by atoms with van der Waals surface area (Å²) >= 11 is 0. The first-order chi connectivity index (χ1) is 9.38. The van der Waals surface area contributed by atoms with Crippen molar-refractivity contribution in [3.05, 3.63) is 10.1 Å². The van der Waals surface area contributed by atoms with Gasteiger partial charge in [0, 0.05) is 6.42 Å². The predicted molar refractivity (Wildman–Crippen MR) is 70.4 cm³/mol. The Labute approximate surface area is 117 Å². The average Bonchev–Trinajstić information content (AvgIpc) is 2.38. The van der Waals surface area contributed by atoms with E-state index < -0.39 is 17.1 Å². The lowest BCUT2D eigenvalue weighted by Crippen LogP contribution is -2.44. The molecule has 0 aliphatic heterocycles. The molecule has 1 amide bonds. The monoisotopic (exact) mass is 290 g/mol. The maximum atomic E-state index is 11.6. The van der Waals surface area contributed by atoms with Crippen molar-refractivity contribution in [1.82, 2.24) is 5.32 Å². The van der Waals surface area contributed by atoms with Gasteiger partial charge in [-0.05, 0) is 18.8 Å². The van der Waals surface area contributed by atoms with Crippen molar-refractivity contribution in [2.45, 2.75) is 52.0 Å². The smallest absolute Gasteiger partial charge is 0.326 e. The normalized spacial score (nSPS) is 13.3. The number of aliphatic carboxylic acids is 1. The molecule has 8 nitrogen and oxygen atoms in total. The molecule has 2 atom stereocenters. The first-order valence-electron chi connectivity index (χ1n) is 6.68. The van der Waals surface area contributed by atoms with Crippen molar-refractivity contribution in [2.24, 2.45) is 5.92 Å². The number of carbonyl (C=O) groups is 2. The fourth-order valence-electron chi connectivity index (χ4n) is 1.63. The van der Waals surface area contributed by atoms with Gasteiger partial charge in [-0.25, -0.2) is 4.79 Å². The largest absolute Gasteiger partial charge is 0.480 e. The van der Waals surface area contributed by atoms with E-state index >= 15 is 0 Å². The van der Waals surface area contributed by atoms with Gasteiger partial charge < -0.3 is 15.3 Å². The van der Waals surface area contributed by atoms with Gasteiger partial charge in [0.2, 0.25) is 5.91 Å². The van der Waals surface area contributed by atoms with Gasteiger partial charge in [-0.1, -0.05) is 26.7 Å². The van der Waals surface area contributed by atoms with Crippen LogP contribution >= 0.6 is 0 Å². The number of carboxylic acids is 1. The van der Waals surface area contributed by atoms with Crippen LogP contribution in [0.1, 0.15) is 46.0 Å². The fraction of sp³-hybridized carbons (Fsp3) is 0.833. The molecule has 116 valence electrons. The van der Waals surface area contributed by atoms with Crippen LogP contribution in [0.25, 0.3) is 0 Å². The fourth-order valence-corrected chi connectivity index (χ4v) is 1.63. The zero-order valence-electron chi connectivity index (χ0n) is 11.8. The van der Waals surface area contributed by atoms with E-state index in [9.17, 15) is 19.7 Å². The molecule has 0 fully saturated rings. The van der Waals surface area contributed by atoms with Crippen molar-refractivity contribution in [1.29, 1.82) is 0 Å². The van der Waals surface area contributed by atoms with E-state index in [1.165, 1.54) is 0 Å². The van der Waals surface area contributed by atoms with Crippen LogP contribution in [0.15, 0.2) is 0 Å². The second-order valence-electron chi connectivity index (χ2n) is 4.64. The Hall–Kier alpha value is -1.86. The highest BCUT2D eigenvalue weighted by Crippen LogP contribution is 2.09. The molecule has 8 heteroatoms. The minimum Gasteiger partial charge on any atom is -0.480 e. The van der Waals surface area contributed by atoms with Gasteiger partial charge in [0.15, 0.2) is 0 Å². The highest BCUT2D eigenvalue weighted by atomic mass is 16.9. The van der Waals surface area contributed by atoms with Crippen LogP contribution in [-0.2, 0) is 14.4 Å². The molecule has 0 radical (unpaired) electrons. The Bertz CT molecular complexity index is 334. The van der Waals surface area contributed by atoms with Crippen molar-refractivity contribution in [3.63, 3.8) is 0 Å². The lowest BCUT2D eigenvalue weighted by Gasteiger charge is -2.20. The van der Waals surface area contributed by atoms with Crippen molar-refractivity contribution < 1.29 is 24.6 Å². The first kappa shape index (κ1) is 18.1. The standard InChI is InChI=1S/C12H22N2O6/c1-3-9(2)11(12(16)17)13-10(15)7-5-4-6-8-20-14(18)19/h9,11H,3-8H2,1-2H3,(H,13,15)(H,16,17). The summed E-state index contributed by atoms with van der Waals surface area (Å²) in [5.41, 5.74) is 0. The number of hydrogen-bond acceptors (Lipinski definition) is 5. The second-order valence-corrected chi connectivity index (χ2v) is 4.64. The number of nitrogens with one attached hydrogen (secondary N) is 1. The quantitative estimate of drug-likeness (QED) is 0.337. The van der Waals surface area contributed by atoms with Gasteiger partial charge in [0.25, 0.3) is 5.09 Å². The topological polar surface area (TPSA) is 119 Å². The van der Waals surface area contributed by atoms with Gasteiger partial charge >= 0.3 is 5.97 Å². The van der Waals surface area contributed by atoms with Crippen molar-refractivity contribution in [3.8, 4) is 0 Å². The van der Waals surface area contributed by atoms with E-state index in [0.29, 0.717) is 25.7 Å². The number of carbonyl (C=O) groups excluding carboxylic acids is 1. The van der Waals surface area contributed by atoms with Crippen LogP contribution in [0.4, 0.5) is 0 Å². The Kier molecular flexibility index (Phi) is 9.06. The van der Waals surface area contributed by atoms with Crippen LogP contribution in [0.5, 0.6) is 0 Å². The molecule has 0 bridgehead atoms. The second kappa shape index (κ2) is 9.99. The van der Waals surface area contributed by atoms with E-state index in [1.54, 1.807) is 6.92 Å². The van der Waals surface area contributed by atoms with E-state index in [-0.39, 0.29) is 24.9 Å². The molecule has 0 aromatic heterocycles. The van der Waals surface area contributed by atoms with Crippen LogP contribution in [-0.4, -0.2) is 34.7 Å². The number of rotatable bonds is 11. The zero-order valence-corrected chi connectivity index (χ0v) is 11.8. The third-order valence-corrected chi connectivity index (χ3v) is 3.04. The van der Waals surface area contributed by atoms with Gasteiger partial charge in [-0.2, -0.15) is 0 Å². The van der Waals surface area contributed by atoms with Crippen LogP contribution in [0.3, 0.4) is 0 Å². The molecule has 0 aromatic rings. The van der Waals surface area contributed by atoms with Gasteiger partial charge in [0.1, 0.15) is 6.04 Å². The Balaban J connectivity index is 3.86. The molecule has 0 rings (SSSR count). The molecule has 2 unspecified atom stereocenters. The first-order valence-corrected chi connectivity index (χ1v) is 6.68. The molecule has 0 aliphatic carbocycles. The lowest BCUT2D eigenvalue weighted by molar-refractivity contribution is -0.757. The molecular formula is C12H22N2O6. The van der Waals surface area contributed by atoms with E-state index in [0.717, 1.165) is 0 Å². The summed E-state index contributed by atoms with van der Waals surface area (Å²) in [5.74, 6) is -1.48. The van der Waals surface area contributed by atoms with Gasteiger partial charge in [0.05, 0.1) is 6.61 Å². The Morgan fingerprint density at radius 2 is 2.00 bits per heavy atom. The maximum absolute atomic E-state index is 11.6. The summed E-state index contributed by atoms with van der Waals surface area (Å²) in [6.45, 7) is 3.65. The molecule has 0 saturated heterocycles. The number of unbranched alkanes of at least 4 members (excludes halogenated alkanes) is 2. The molecule has 0 heterocycles. The van der Waals surface area contributed by atoms with Crippen molar-refractivity contribution in [2.75, 3.05) is 6.61 Å². The molecule has 20 heavy (non-hydrogen) atoms. The van der Waals surface area contributed by atoms with Gasteiger partial charge in [-0.15, -0.1) is 10.1 Å². The number of nitrogens with zero attached hydrogens (tertiary/aromatic N) is 1. The highest BCUT2D eigenvalue weighted by molar-refractivity contribution is 5.83. The van der Waals surface area contributed by atoms with E-state index in [2.05, 4.69) is 10.2 Å². The van der Waals surface area contributed by atoms with Crippen LogP contribution in [0, 0.1) is 16.0 Å². The maximum Gasteiger partial charge on any atom is 0.326 e. The summed E-state index contributed by atoms with van der Waals surface area (Å²) < 4.78 is 0. The van der Waals surface area contributed by atoms with Gasteiger partial charge in [-0.3, -0.25) is 4.79 Å². The number of carboxylic acid groups (broad SMARTS) is 1. The highest BCUT2D eigenvalue weighted by Gasteiger charge is 2.24. The Morgan fingerprint density at radius 1 is 1.35 bits per heavy atom. The molecule has 0 aliphatic rings. The van der Waals surface area contributed by atoms with Crippen LogP contribution in [0.2, 0.25) is 0 Å². The predicted octanol–water partition coefficient (Wildman–Crippen LogP) is 1.37. The summed E-state index contributed by atoms with van der Waals surface area (Å²) in [6.07, 6.45) is 2.51. The zero-order chi connectivity index (χ0) is 15.5. The summed E-state index contributed by atoms with van der Waals surface area (Å²) in [4.78, 5) is 36.6. The lowest BCUT2D eigenvalue weighted by atomic mass is 9.99. The molecule has 0 aromatic carbocycles.